The molecule has 1 aliphatic rings. The van der Waals surface area contributed by atoms with E-state index in [0.717, 1.165) is 17.3 Å². The fourth-order valence-electron chi connectivity index (χ4n) is 2.24. The molecule has 7 nitrogen and oxygen atoms in total. The Morgan fingerprint density at radius 1 is 1.16 bits per heavy atom. The average Bonchev–Trinajstić information content (AvgIpc) is 2.89. The van der Waals surface area contributed by atoms with Crippen LogP contribution in [0.1, 0.15) is 25.5 Å². The predicted molar refractivity (Wildman–Crippen MR) is 94.3 cm³/mol. The number of hydrogen-bond donors (Lipinski definition) is 3. The van der Waals surface area contributed by atoms with Crippen LogP contribution >= 0.6 is 11.8 Å². The van der Waals surface area contributed by atoms with Gasteiger partial charge < -0.3 is 10.6 Å². The molecule has 1 aromatic rings. The number of benzene rings is 1. The van der Waals surface area contributed by atoms with Crippen molar-refractivity contribution in [1.82, 2.24) is 16.0 Å². The minimum Gasteiger partial charge on any atom is -0.348 e. The number of nitrogens with one attached hydrogen (secondary N) is 3. The molecule has 0 aromatic heterocycles. The number of imide groups is 1. The summed E-state index contributed by atoms with van der Waals surface area (Å²) < 4.78 is 0. The monoisotopic (exact) mass is 361 g/mol. The fraction of sp³-hybridized carbons (Fsp3) is 0.294. The van der Waals surface area contributed by atoms with E-state index in [1.165, 1.54) is 13.0 Å². The van der Waals surface area contributed by atoms with Gasteiger partial charge in [-0.05, 0) is 12.5 Å². The van der Waals surface area contributed by atoms with Gasteiger partial charge in [-0.1, -0.05) is 30.3 Å². The van der Waals surface area contributed by atoms with Crippen molar-refractivity contribution in [2.75, 3.05) is 5.75 Å². The van der Waals surface area contributed by atoms with Gasteiger partial charge in [0, 0.05) is 18.8 Å². The summed E-state index contributed by atoms with van der Waals surface area (Å²) in [6.45, 7) is 3.16. The van der Waals surface area contributed by atoms with Crippen LogP contribution < -0.4 is 16.0 Å². The number of carbonyl (C=O) groups is 4. The van der Waals surface area contributed by atoms with E-state index in [9.17, 15) is 19.2 Å². The molecule has 0 bridgehead atoms. The highest BCUT2D eigenvalue weighted by Gasteiger charge is 2.26. The van der Waals surface area contributed by atoms with Gasteiger partial charge in [0.15, 0.2) is 0 Å². The second-order valence-corrected chi connectivity index (χ2v) is 6.59. The van der Waals surface area contributed by atoms with Crippen molar-refractivity contribution < 1.29 is 19.2 Å². The molecule has 0 saturated carbocycles. The van der Waals surface area contributed by atoms with Crippen LogP contribution in [0.25, 0.3) is 0 Å². The first-order valence-electron chi connectivity index (χ1n) is 7.69. The Balaban J connectivity index is 1.99. The highest BCUT2D eigenvalue weighted by Crippen LogP contribution is 2.20. The van der Waals surface area contributed by atoms with Crippen LogP contribution in [0.2, 0.25) is 0 Å². The van der Waals surface area contributed by atoms with Gasteiger partial charge in [0.1, 0.15) is 6.04 Å². The van der Waals surface area contributed by atoms with Crippen molar-refractivity contribution in [3.63, 3.8) is 0 Å². The normalized spacial score (nSPS) is 15.8. The zero-order chi connectivity index (χ0) is 18.4. The van der Waals surface area contributed by atoms with Gasteiger partial charge in [-0.25, -0.2) is 0 Å². The third-order valence-electron chi connectivity index (χ3n) is 3.48. The summed E-state index contributed by atoms with van der Waals surface area (Å²) in [5.74, 6) is -1.54. The third-order valence-corrected chi connectivity index (χ3v) is 4.59. The zero-order valence-corrected chi connectivity index (χ0v) is 14.7. The molecule has 0 aliphatic carbocycles. The van der Waals surface area contributed by atoms with Crippen molar-refractivity contribution >= 4 is 35.4 Å². The van der Waals surface area contributed by atoms with Gasteiger partial charge in [0.25, 0.3) is 11.8 Å². The Bertz CT molecular complexity index is 718. The van der Waals surface area contributed by atoms with Crippen molar-refractivity contribution in [2.24, 2.45) is 0 Å². The highest BCUT2D eigenvalue weighted by atomic mass is 32.2. The molecule has 2 rings (SSSR count). The predicted octanol–water partition coefficient (Wildman–Crippen LogP) is 0.642. The lowest BCUT2D eigenvalue weighted by Gasteiger charge is -2.21. The van der Waals surface area contributed by atoms with Crippen molar-refractivity contribution in [2.45, 2.75) is 25.9 Å². The molecular formula is C17H19N3O4S. The summed E-state index contributed by atoms with van der Waals surface area (Å²) in [6.07, 6.45) is 1.18. The first-order valence-corrected chi connectivity index (χ1v) is 8.67. The maximum atomic E-state index is 12.5. The summed E-state index contributed by atoms with van der Waals surface area (Å²) >= 11 is 1.05. The summed E-state index contributed by atoms with van der Waals surface area (Å²) in [5, 5.41) is 7.55. The lowest BCUT2D eigenvalue weighted by Crippen LogP contribution is -2.48. The smallest absolute Gasteiger partial charge is 0.264 e. The number of carbonyl (C=O) groups excluding carboxylic acids is 4. The van der Waals surface area contributed by atoms with Crippen LogP contribution in [0.15, 0.2) is 41.3 Å². The largest absolute Gasteiger partial charge is 0.348 e. The van der Waals surface area contributed by atoms with Gasteiger partial charge >= 0.3 is 0 Å². The van der Waals surface area contributed by atoms with Gasteiger partial charge in [-0.3, -0.25) is 24.5 Å². The minimum absolute atomic E-state index is 0.138. The highest BCUT2D eigenvalue weighted by molar-refractivity contribution is 8.04. The molecule has 3 N–H and O–H groups in total. The Morgan fingerprint density at radius 3 is 2.40 bits per heavy atom. The number of hydrogen-bond acceptors (Lipinski definition) is 5. The van der Waals surface area contributed by atoms with Crippen molar-refractivity contribution in [1.29, 1.82) is 0 Å². The molecule has 1 unspecified atom stereocenters. The quantitative estimate of drug-likeness (QED) is 0.619. The van der Waals surface area contributed by atoms with Gasteiger partial charge in [0.05, 0.1) is 10.9 Å². The van der Waals surface area contributed by atoms with Gasteiger partial charge in [-0.15, -0.1) is 11.8 Å². The molecule has 0 spiro atoms. The molecule has 1 aromatic carbocycles. The molecule has 0 saturated heterocycles. The molecule has 2 atom stereocenters. The topological polar surface area (TPSA) is 104 Å². The molecule has 1 heterocycles. The van der Waals surface area contributed by atoms with E-state index in [-0.39, 0.29) is 28.5 Å². The Kier molecular flexibility index (Phi) is 6.35. The average molecular weight is 361 g/mol. The van der Waals surface area contributed by atoms with E-state index in [0.29, 0.717) is 0 Å². The maximum absolute atomic E-state index is 12.5. The zero-order valence-electron chi connectivity index (χ0n) is 13.9. The summed E-state index contributed by atoms with van der Waals surface area (Å²) in [4.78, 5) is 46.8. The van der Waals surface area contributed by atoms with Crippen LogP contribution in [0.5, 0.6) is 0 Å². The summed E-state index contributed by atoms with van der Waals surface area (Å²) in [5.41, 5.74) is 0.938. The lowest BCUT2D eigenvalue weighted by molar-refractivity contribution is -0.127. The lowest BCUT2D eigenvalue weighted by atomic mass is 10.1. The summed E-state index contributed by atoms with van der Waals surface area (Å²) in [6, 6.07) is 8.38. The maximum Gasteiger partial charge on any atom is 0.264 e. The molecule has 1 aliphatic heterocycles. The Hall–Kier alpha value is -2.61. The van der Waals surface area contributed by atoms with Crippen LogP contribution in [-0.4, -0.2) is 35.4 Å². The molecule has 132 valence electrons. The third kappa shape index (κ3) is 5.46. The van der Waals surface area contributed by atoms with E-state index >= 15 is 0 Å². The molecule has 25 heavy (non-hydrogen) atoms. The minimum atomic E-state index is -0.821. The van der Waals surface area contributed by atoms with Crippen LogP contribution in [0.4, 0.5) is 0 Å². The van der Waals surface area contributed by atoms with Crippen LogP contribution in [-0.2, 0) is 19.2 Å². The van der Waals surface area contributed by atoms with E-state index in [4.69, 9.17) is 0 Å². The van der Waals surface area contributed by atoms with E-state index in [1.807, 2.05) is 37.3 Å². The Labute approximate surface area is 149 Å². The Morgan fingerprint density at radius 2 is 1.84 bits per heavy atom. The van der Waals surface area contributed by atoms with Crippen molar-refractivity contribution in [3.05, 3.63) is 46.9 Å². The van der Waals surface area contributed by atoms with Gasteiger partial charge in [0.2, 0.25) is 11.8 Å². The van der Waals surface area contributed by atoms with Crippen LogP contribution in [0.3, 0.4) is 0 Å². The SMILES string of the molecule is CC(=O)N[C@@H](CSC1=CC(=O)NC1=O)C(=O)NC(C)c1ccccc1. The molecule has 0 fully saturated rings. The standard InChI is InChI=1S/C17H19N3O4S/c1-10(12-6-4-3-5-7-12)18-16(23)13(19-11(2)21)9-25-14-8-15(22)20-17(14)24/h3-8,10,13H,9H2,1-2H3,(H,18,23)(H,19,21)(H,20,22,24)/t10?,13-/m0/s1. The van der Waals surface area contributed by atoms with Crippen molar-refractivity contribution in [3.8, 4) is 0 Å². The summed E-state index contributed by atoms with van der Waals surface area (Å²) in [7, 11) is 0. The fourth-order valence-corrected chi connectivity index (χ4v) is 3.20. The number of amides is 4. The van der Waals surface area contributed by atoms with E-state index in [2.05, 4.69) is 16.0 Å². The molecule has 0 radical (unpaired) electrons. The molecular weight excluding hydrogens is 342 g/mol. The second-order valence-electron chi connectivity index (χ2n) is 5.53. The second kappa shape index (κ2) is 8.48. The molecule has 4 amide bonds. The van der Waals surface area contributed by atoms with E-state index < -0.39 is 17.9 Å². The van der Waals surface area contributed by atoms with E-state index in [1.54, 1.807) is 0 Å². The van der Waals surface area contributed by atoms with Gasteiger partial charge in [-0.2, -0.15) is 0 Å². The first kappa shape index (κ1) is 18.7. The molecule has 8 heteroatoms. The van der Waals surface area contributed by atoms with Crippen LogP contribution in [0, 0.1) is 0 Å². The number of rotatable bonds is 7. The number of thioether (sulfide) groups is 1. The first-order chi connectivity index (χ1) is 11.9.